The third-order valence-corrected chi connectivity index (χ3v) is 10.1. The molecule has 1 aromatic heterocycles. The topological polar surface area (TPSA) is 28.7 Å². The van der Waals surface area contributed by atoms with Gasteiger partial charge in [0.25, 0.3) is 0 Å². The average molecular weight is 653 g/mol. The minimum atomic E-state index is 0.764. The molecule has 0 atom stereocenters. The van der Waals surface area contributed by atoms with Crippen molar-refractivity contribution in [2.75, 3.05) is 4.90 Å². The Morgan fingerprint density at radius 2 is 1.04 bits per heavy atom. The largest absolute Gasteiger partial charge is 0.456 e. The number of benzene rings is 8. The van der Waals surface area contributed by atoms with E-state index in [0.29, 0.717) is 0 Å². The van der Waals surface area contributed by atoms with Crippen LogP contribution in [0.4, 0.5) is 22.7 Å². The van der Waals surface area contributed by atoms with Crippen molar-refractivity contribution < 1.29 is 4.42 Å². The summed E-state index contributed by atoms with van der Waals surface area (Å²) in [5.41, 5.74) is 14.2. The lowest BCUT2D eigenvalue weighted by Gasteiger charge is -2.26. The van der Waals surface area contributed by atoms with Crippen molar-refractivity contribution in [3.63, 3.8) is 0 Å². The number of fused-ring (bicyclic) bond motifs is 6. The molecule has 3 heteroatoms. The first-order chi connectivity index (χ1) is 25.3. The lowest BCUT2D eigenvalue weighted by Crippen LogP contribution is -2.09. The Bertz CT molecular complexity index is 2740. The normalized spacial score (nSPS) is 12.4. The average Bonchev–Trinajstić information content (AvgIpc) is 3.81. The van der Waals surface area contributed by atoms with Crippen molar-refractivity contribution in [2.45, 2.75) is 6.42 Å². The molecule has 0 aliphatic carbocycles. The summed E-state index contributed by atoms with van der Waals surface area (Å²) in [5.74, 6) is 0. The molecular formula is C48H32N2O. The number of hydrogen-bond donors (Lipinski definition) is 0. The van der Waals surface area contributed by atoms with Gasteiger partial charge in [0.05, 0.1) is 11.4 Å². The molecule has 240 valence electrons. The highest BCUT2D eigenvalue weighted by Gasteiger charge is 2.26. The van der Waals surface area contributed by atoms with Crippen LogP contribution >= 0.6 is 0 Å². The summed E-state index contributed by atoms with van der Waals surface area (Å²) < 4.78 is 6.48. The summed E-state index contributed by atoms with van der Waals surface area (Å²) in [6.07, 6.45) is 0.764. The molecule has 10 rings (SSSR count). The molecule has 0 amide bonds. The fourth-order valence-electron chi connectivity index (χ4n) is 7.60. The van der Waals surface area contributed by atoms with Gasteiger partial charge in [-0.1, -0.05) is 133 Å². The second-order valence-corrected chi connectivity index (χ2v) is 13.2. The van der Waals surface area contributed by atoms with E-state index in [-0.39, 0.29) is 0 Å². The molecule has 3 nitrogen and oxygen atoms in total. The molecule has 51 heavy (non-hydrogen) atoms. The highest BCUT2D eigenvalue weighted by molar-refractivity contribution is 6.17. The zero-order chi connectivity index (χ0) is 33.7. The molecule has 9 aromatic rings. The molecule has 0 saturated heterocycles. The van der Waals surface area contributed by atoms with Gasteiger partial charge in [0.15, 0.2) is 0 Å². The monoisotopic (exact) mass is 652 g/mol. The first-order valence-electron chi connectivity index (χ1n) is 17.4. The zero-order valence-electron chi connectivity index (χ0n) is 27.8. The molecule has 2 heterocycles. The van der Waals surface area contributed by atoms with Gasteiger partial charge in [-0.15, -0.1) is 0 Å². The van der Waals surface area contributed by atoms with E-state index in [1.165, 1.54) is 27.5 Å². The number of nitrogens with zero attached hydrogens (tertiary/aromatic N) is 2. The minimum absolute atomic E-state index is 0.764. The van der Waals surface area contributed by atoms with Crippen LogP contribution in [0.25, 0.3) is 55.0 Å². The third kappa shape index (κ3) is 5.10. The molecule has 0 unspecified atom stereocenters. The number of hydrogen-bond acceptors (Lipinski definition) is 3. The maximum atomic E-state index is 6.48. The Balaban J connectivity index is 1.10. The smallest absolute Gasteiger partial charge is 0.136 e. The molecule has 8 aromatic carbocycles. The van der Waals surface area contributed by atoms with Gasteiger partial charge in [-0.25, -0.2) is 0 Å². The molecule has 0 fully saturated rings. The van der Waals surface area contributed by atoms with E-state index >= 15 is 0 Å². The van der Waals surface area contributed by atoms with Gasteiger partial charge in [-0.05, 0) is 87.1 Å². The minimum Gasteiger partial charge on any atom is -0.456 e. The molecule has 1 aliphatic heterocycles. The Labute approximate surface area is 296 Å². The second-order valence-electron chi connectivity index (χ2n) is 13.2. The van der Waals surface area contributed by atoms with E-state index in [1.807, 2.05) is 6.07 Å². The first-order valence-corrected chi connectivity index (χ1v) is 17.4. The Hall–Kier alpha value is -6.71. The third-order valence-electron chi connectivity index (χ3n) is 10.1. The maximum Gasteiger partial charge on any atom is 0.136 e. The molecule has 1 aliphatic rings. The van der Waals surface area contributed by atoms with Crippen LogP contribution < -0.4 is 4.90 Å². The van der Waals surface area contributed by atoms with Crippen LogP contribution in [0.15, 0.2) is 191 Å². The Morgan fingerprint density at radius 3 is 1.78 bits per heavy atom. The summed E-state index contributed by atoms with van der Waals surface area (Å²) in [4.78, 5) is 7.65. The first kappa shape index (κ1) is 29.2. The highest BCUT2D eigenvalue weighted by Crippen LogP contribution is 2.47. The Kier molecular flexibility index (Phi) is 6.88. The van der Waals surface area contributed by atoms with E-state index in [9.17, 15) is 0 Å². The van der Waals surface area contributed by atoms with Crippen LogP contribution in [-0.2, 0) is 6.42 Å². The lowest BCUT2D eigenvalue weighted by molar-refractivity contribution is 0.669. The van der Waals surface area contributed by atoms with Crippen LogP contribution in [0, 0.1) is 0 Å². The van der Waals surface area contributed by atoms with E-state index in [4.69, 9.17) is 9.41 Å². The van der Waals surface area contributed by atoms with Crippen LogP contribution in [0.1, 0.15) is 11.1 Å². The van der Waals surface area contributed by atoms with Crippen molar-refractivity contribution in [1.82, 2.24) is 0 Å². The standard InChI is InChI=1S/C48H32N2O/c1-3-11-32(12-4-1)34-19-24-38(25-20-34)50(40-28-21-33-13-7-8-16-37(33)29-40)39-26-22-35(23-27-39)42-31-46-47(41-17-9-10-18-45(41)51-46)43-30-44(49-48(42)43)36-14-5-2-6-15-36/h1-29,31H,30H2. The van der Waals surface area contributed by atoms with Crippen molar-refractivity contribution in [2.24, 2.45) is 4.99 Å². The van der Waals surface area contributed by atoms with Gasteiger partial charge >= 0.3 is 0 Å². The molecule has 0 spiro atoms. The van der Waals surface area contributed by atoms with Gasteiger partial charge in [-0.3, -0.25) is 4.99 Å². The number of aliphatic imine (C=N–C) groups is 1. The van der Waals surface area contributed by atoms with Crippen molar-refractivity contribution >= 4 is 61.2 Å². The summed E-state index contributed by atoms with van der Waals surface area (Å²) in [7, 11) is 0. The van der Waals surface area contributed by atoms with Crippen molar-refractivity contribution in [3.8, 4) is 22.3 Å². The van der Waals surface area contributed by atoms with E-state index in [1.54, 1.807) is 0 Å². The van der Waals surface area contributed by atoms with E-state index in [0.717, 1.165) is 73.5 Å². The second kappa shape index (κ2) is 12.0. The van der Waals surface area contributed by atoms with Crippen LogP contribution in [0.3, 0.4) is 0 Å². The molecule has 0 saturated carbocycles. The molecule has 0 N–H and O–H groups in total. The van der Waals surface area contributed by atoms with Gasteiger partial charge in [0.1, 0.15) is 11.2 Å². The predicted molar refractivity (Wildman–Crippen MR) is 213 cm³/mol. The fourth-order valence-corrected chi connectivity index (χ4v) is 7.60. The molecule has 0 radical (unpaired) electrons. The maximum absolute atomic E-state index is 6.48. The quantitative estimate of drug-likeness (QED) is 0.179. The predicted octanol–water partition coefficient (Wildman–Crippen LogP) is 13.2. The number of anilines is 3. The number of para-hydroxylation sites is 1. The van der Waals surface area contributed by atoms with Crippen molar-refractivity contribution in [3.05, 3.63) is 193 Å². The van der Waals surface area contributed by atoms with Crippen LogP contribution in [-0.4, -0.2) is 5.71 Å². The van der Waals surface area contributed by atoms with Gasteiger partial charge in [0, 0.05) is 39.8 Å². The highest BCUT2D eigenvalue weighted by atomic mass is 16.3. The summed E-state index contributed by atoms with van der Waals surface area (Å²) >= 11 is 0. The summed E-state index contributed by atoms with van der Waals surface area (Å²) in [5, 5.41) is 4.73. The van der Waals surface area contributed by atoms with Gasteiger partial charge in [0.2, 0.25) is 0 Å². The number of rotatable bonds is 6. The van der Waals surface area contributed by atoms with E-state index < -0.39 is 0 Å². The fraction of sp³-hybridized carbons (Fsp3) is 0.0208. The zero-order valence-corrected chi connectivity index (χ0v) is 27.8. The summed E-state index contributed by atoms with van der Waals surface area (Å²) in [6, 6.07) is 64.5. The van der Waals surface area contributed by atoms with Gasteiger partial charge < -0.3 is 9.32 Å². The number of furan rings is 1. The molecular weight excluding hydrogens is 621 g/mol. The van der Waals surface area contributed by atoms with Crippen LogP contribution in [0.2, 0.25) is 0 Å². The van der Waals surface area contributed by atoms with Gasteiger partial charge in [-0.2, -0.15) is 0 Å². The van der Waals surface area contributed by atoms with Crippen LogP contribution in [0.5, 0.6) is 0 Å². The van der Waals surface area contributed by atoms with Crippen molar-refractivity contribution in [1.29, 1.82) is 0 Å². The lowest BCUT2D eigenvalue weighted by atomic mass is 9.94. The Morgan fingerprint density at radius 1 is 0.451 bits per heavy atom. The molecule has 0 bridgehead atoms. The van der Waals surface area contributed by atoms with E-state index in [2.05, 4.69) is 181 Å². The SMILES string of the molecule is c1ccc(C2=Nc3c(-c4ccc(N(c5ccc(-c6ccccc6)cc5)c5ccc6ccccc6c5)cc4)cc4oc5ccccc5c4c3C2)cc1. The summed E-state index contributed by atoms with van der Waals surface area (Å²) in [6.45, 7) is 0.